The van der Waals surface area contributed by atoms with E-state index in [1.807, 2.05) is 24.6 Å². The minimum Gasteiger partial charge on any atom is -0.444 e. The Morgan fingerprint density at radius 2 is 1.90 bits per heavy atom. The van der Waals surface area contributed by atoms with E-state index in [1.165, 1.54) is 12.1 Å². The van der Waals surface area contributed by atoms with Crippen molar-refractivity contribution in [1.82, 2.24) is 19.8 Å². The first kappa shape index (κ1) is 20.8. The van der Waals surface area contributed by atoms with Crippen molar-refractivity contribution >= 4 is 12.0 Å². The van der Waals surface area contributed by atoms with Crippen LogP contribution in [0.4, 0.5) is 9.18 Å². The van der Waals surface area contributed by atoms with Gasteiger partial charge in [0.05, 0.1) is 17.8 Å². The van der Waals surface area contributed by atoms with Crippen molar-refractivity contribution < 1.29 is 18.7 Å². The molecule has 29 heavy (non-hydrogen) atoms. The minimum atomic E-state index is -0.626. The van der Waals surface area contributed by atoms with Gasteiger partial charge in [-0.25, -0.2) is 14.2 Å². The molecule has 8 heteroatoms. The second-order valence-corrected chi connectivity index (χ2v) is 8.82. The molecule has 0 spiro atoms. The fourth-order valence-electron chi connectivity index (χ4n) is 3.32. The summed E-state index contributed by atoms with van der Waals surface area (Å²) in [4.78, 5) is 31.0. The number of benzene rings is 1. The Balaban J connectivity index is 1.72. The zero-order valence-electron chi connectivity index (χ0n) is 17.5. The Morgan fingerprint density at radius 3 is 2.52 bits per heavy atom. The number of alkyl carbamates (subject to hydrolysis) is 1. The highest BCUT2D eigenvalue weighted by atomic mass is 19.1. The van der Waals surface area contributed by atoms with Crippen LogP contribution in [0.25, 0.3) is 11.3 Å². The average Bonchev–Trinajstić information content (AvgIpc) is 2.99. The summed E-state index contributed by atoms with van der Waals surface area (Å²) < 4.78 is 20.4. The van der Waals surface area contributed by atoms with E-state index in [4.69, 9.17) is 4.74 Å². The molecule has 1 aromatic heterocycles. The van der Waals surface area contributed by atoms with Crippen molar-refractivity contribution in [2.75, 3.05) is 6.54 Å². The second-order valence-electron chi connectivity index (χ2n) is 8.82. The van der Waals surface area contributed by atoms with Gasteiger partial charge >= 0.3 is 6.09 Å². The third-order valence-electron chi connectivity index (χ3n) is 4.67. The molecule has 0 fully saturated rings. The van der Waals surface area contributed by atoms with Crippen LogP contribution >= 0.6 is 0 Å². The van der Waals surface area contributed by atoms with Crippen LogP contribution in [0.2, 0.25) is 0 Å². The molecule has 2 heterocycles. The van der Waals surface area contributed by atoms with Crippen LogP contribution < -0.4 is 5.32 Å². The van der Waals surface area contributed by atoms with Gasteiger partial charge in [-0.1, -0.05) is 0 Å². The number of hydrogen-bond donors (Lipinski definition) is 1. The van der Waals surface area contributed by atoms with Gasteiger partial charge in [0.15, 0.2) is 0 Å². The van der Waals surface area contributed by atoms with Gasteiger partial charge in [-0.05, 0) is 58.9 Å². The summed E-state index contributed by atoms with van der Waals surface area (Å²) in [6.45, 7) is 9.97. The summed E-state index contributed by atoms with van der Waals surface area (Å²) in [6.07, 6.45) is 1.30. The first-order valence-electron chi connectivity index (χ1n) is 9.54. The van der Waals surface area contributed by atoms with Gasteiger partial charge in [0.2, 0.25) is 5.91 Å². The number of amides is 2. The molecule has 1 aliphatic rings. The van der Waals surface area contributed by atoms with E-state index in [9.17, 15) is 14.0 Å². The van der Waals surface area contributed by atoms with E-state index >= 15 is 0 Å². The van der Waals surface area contributed by atoms with Crippen molar-refractivity contribution in [3.05, 3.63) is 42.1 Å². The van der Waals surface area contributed by atoms with Gasteiger partial charge < -0.3 is 19.5 Å². The quantitative estimate of drug-likeness (QED) is 0.854. The summed E-state index contributed by atoms with van der Waals surface area (Å²) >= 11 is 0. The summed E-state index contributed by atoms with van der Waals surface area (Å²) in [6, 6.07) is 6.16. The molecule has 2 amide bonds. The summed E-state index contributed by atoms with van der Waals surface area (Å²) in [5.41, 5.74) is 0.465. The van der Waals surface area contributed by atoms with E-state index in [0.717, 1.165) is 17.1 Å². The molecule has 1 aromatic carbocycles. The van der Waals surface area contributed by atoms with Gasteiger partial charge in [0, 0.05) is 18.3 Å². The minimum absolute atomic E-state index is 0.149. The van der Waals surface area contributed by atoms with Crippen LogP contribution in [-0.4, -0.2) is 44.1 Å². The third-order valence-corrected chi connectivity index (χ3v) is 4.67. The topological polar surface area (TPSA) is 76.5 Å². The first-order valence-corrected chi connectivity index (χ1v) is 9.54. The number of imidazole rings is 1. The van der Waals surface area contributed by atoms with Gasteiger partial charge in [-0.15, -0.1) is 0 Å². The Morgan fingerprint density at radius 1 is 1.24 bits per heavy atom. The zero-order chi connectivity index (χ0) is 21.4. The molecule has 2 aromatic rings. The van der Waals surface area contributed by atoms with Crippen molar-refractivity contribution in [2.45, 2.75) is 58.8 Å². The monoisotopic (exact) mass is 402 g/mol. The van der Waals surface area contributed by atoms with Crippen molar-refractivity contribution in [1.29, 1.82) is 0 Å². The summed E-state index contributed by atoms with van der Waals surface area (Å²) in [7, 11) is 0. The normalized spacial score (nSPS) is 15.6. The molecule has 0 bridgehead atoms. The van der Waals surface area contributed by atoms with Gasteiger partial charge in [-0.3, -0.25) is 4.79 Å². The maximum absolute atomic E-state index is 13.2. The number of rotatable bonds is 3. The van der Waals surface area contributed by atoms with E-state index in [1.54, 1.807) is 37.8 Å². The SMILES string of the molecule is CC(C)(C)OC(=O)NCC(=O)N1Cc2nc(-c3ccc(F)cc3)cn2CC1(C)C. The van der Waals surface area contributed by atoms with Gasteiger partial charge in [0.1, 0.15) is 23.8 Å². The van der Waals surface area contributed by atoms with Crippen LogP contribution in [0.1, 0.15) is 40.4 Å². The maximum atomic E-state index is 13.2. The molecule has 0 saturated carbocycles. The molecule has 1 aliphatic heterocycles. The largest absolute Gasteiger partial charge is 0.444 e. The standard InChI is InChI=1S/C21H27FN4O3/c1-20(2,3)29-19(28)23-10-18(27)26-12-17-24-16(11-25(17)13-21(26,4)5)14-6-8-15(22)9-7-14/h6-9,11H,10,12-13H2,1-5H3,(H,23,28). The van der Waals surface area contributed by atoms with Crippen LogP contribution in [0, 0.1) is 5.82 Å². The molecular weight excluding hydrogens is 375 g/mol. The molecule has 0 radical (unpaired) electrons. The number of aromatic nitrogens is 2. The van der Waals surface area contributed by atoms with E-state index in [0.29, 0.717) is 13.1 Å². The molecule has 0 unspecified atom stereocenters. The number of carbonyl (C=O) groups excluding carboxylic acids is 2. The van der Waals surface area contributed by atoms with Crippen LogP contribution in [0.3, 0.4) is 0 Å². The van der Waals surface area contributed by atoms with Crippen LogP contribution in [-0.2, 0) is 22.6 Å². The van der Waals surface area contributed by atoms with Gasteiger partial charge in [0.25, 0.3) is 0 Å². The number of halogens is 1. The number of fused-ring (bicyclic) bond motifs is 1. The van der Waals surface area contributed by atoms with Crippen LogP contribution in [0.5, 0.6) is 0 Å². The predicted molar refractivity (Wildman–Crippen MR) is 106 cm³/mol. The smallest absolute Gasteiger partial charge is 0.408 e. The van der Waals surface area contributed by atoms with Gasteiger partial charge in [-0.2, -0.15) is 0 Å². The van der Waals surface area contributed by atoms with E-state index < -0.39 is 17.2 Å². The summed E-state index contributed by atoms with van der Waals surface area (Å²) in [5.74, 6) is 0.237. The average molecular weight is 402 g/mol. The molecule has 1 N–H and O–H groups in total. The number of nitrogens with one attached hydrogen (secondary N) is 1. The Kier molecular flexibility index (Phi) is 5.38. The maximum Gasteiger partial charge on any atom is 0.408 e. The highest BCUT2D eigenvalue weighted by molar-refractivity contribution is 5.83. The Hall–Kier alpha value is -2.90. The lowest BCUT2D eigenvalue weighted by Gasteiger charge is -2.42. The number of ether oxygens (including phenoxy) is 1. The fourth-order valence-corrected chi connectivity index (χ4v) is 3.32. The highest BCUT2D eigenvalue weighted by Crippen LogP contribution is 2.29. The summed E-state index contributed by atoms with van der Waals surface area (Å²) in [5, 5.41) is 2.52. The van der Waals surface area contributed by atoms with Crippen molar-refractivity contribution in [3.8, 4) is 11.3 Å². The molecule has 0 saturated heterocycles. The molecule has 156 valence electrons. The molecular formula is C21H27FN4O3. The zero-order valence-corrected chi connectivity index (χ0v) is 17.5. The lowest BCUT2D eigenvalue weighted by molar-refractivity contribution is -0.138. The molecule has 0 aliphatic carbocycles. The van der Waals surface area contributed by atoms with E-state index in [2.05, 4.69) is 10.3 Å². The molecule has 7 nitrogen and oxygen atoms in total. The number of carbonyl (C=O) groups is 2. The highest BCUT2D eigenvalue weighted by Gasteiger charge is 2.37. The third kappa shape index (κ3) is 4.93. The lowest BCUT2D eigenvalue weighted by Crippen LogP contribution is -2.55. The fraction of sp³-hybridized carbons (Fsp3) is 0.476. The predicted octanol–water partition coefficient (Wildman–Crippen LogP) is 3.33. The number of nitrogens with zero attached hydrogens (tertiary/aromatic N) is 3. The van der Waals surface area contributed by atoms with Crippen LogP contribution in [0.15, 0.2) is 30.5 Å². The second kappa shape index (κ2) is 7.50. The number of hydrogen-bond acceptors (Lipinski definition) is 4. The Bertz CT molecular complexity index is 913. The molecule has 3 rings (SSSR count). The first-order chi connectivity index (χ1) is 13.4. The van der Waals surface area contributed by atoms with Crippen molar-refractivity contribution in [2.24, 2.45) is 0 Å². The van der Waals surface area contributed by atoms with E-state index in [-0.39, 0.29) is 18.3 Å². The molecule has 0 atom stereocenters. The van der Waals surface area contributed by atoms with Crippen molar-refractivity contribution in [3.63, 3.8) is 0 Å². The Labute approximate surface area is 169 Å². The lowest BCUT2D eigenvalue weighted by atomic mass is 10.00.